The molecule has 0 aromatic heterocycles. The van der Waals surface area contributed by atoms with Gasteiger partial charge in [-0.3, -0.25) is 4.79 Å². The lowest BCUT2D eigenvalue weighted by Gasteiger charge is -2.24. The summed E-state index contributed by atoms with van der Waals surface area (Å²) >= 11 is 2.01. The molecule has 1 aliphatic carbocycles. The molecule has 1 aliphatic rings. The summed E-state index contributed by atoms with van der Waals surface area (Å²) in [6.07, 6.45) is -3.04. The number of rotatable bonds is 3. The molecule has 19 heavy (non-hydrogen) atoms. The highest BCUT2D eigenvalue weighted by atomic mass is 127. The maximum absolute atomic E-state index is 12.6. The van der Waals surface area contributed by atoms with Crippen LogP contribution in [0.15, 0.2) is 18.2 Å². The highest BCUT2D eigenvalue weighted by Crippen LogP contribution is 2.32. The summed E-state index contributed by atoms with van der Waals surface area (Å²) in [4.78, 5) is 13.3. The van der Waals surface area contributed by atoms with Crippen molar-refractivity contribution in [1.82, 2.24) is 4.90 Å². The van der Waals surface area contributed by atoms with Crippen molar-refractivity contribution in [3.63, 3.8) is 0 Å². The van der Waals surface area contributed by atoms with Gasteiger partial charge in [-0.05, 0) is 54.0 Å². The molecule has 0 bridgehead atoms. The third kappa shape index (κ3) is 3.61. The molecule has 2 nitrogen and oxygen atoms in total. The summed E-state index contributed by atoms with van der Waals surface area (Å²) in [7, 11) is 0. The van der Waals surface area contributed by atoms with Crippen LogP contribution in [0.25, 0.3) is 0 Å². The largest absolute Gasteiger partial charge is 0.406 e. The monoisotopic (exact) mass is 383 g/mol. The molecule has 0 spiro atoms. The van der Waals surface area contributed by atoms with Crippen molar-refractivity contribution in [2.75, 3.05) is 6.54 Å². The molecule has 0 radical (unpaired) electrons. The third-order valence-electron chi connectivity index (χ3n) is 3.02. The predicted molar refractivity (Wildman–Crippen MR) is 74.0 cm³/mol. The molecule has 1 aromatic carbocycles. The fraction of sp³-hybridized carbons (Fsp3) is 0.462. The number of alkyl halides is 3. The first-order valence-corrected chi connectivity index (χ1v) is 7.00. The van der Waals surface area contributed by atoms with E-state index in [1.165, 1.54) is 0 Å². The Hall–Kier alpha value is -0.790. The molecular formula is C13H13F3INO. The van der Waals surface area contributed by atoms with Crippen LogP contribution in [0.5, 0.6) is 0 Å². The summed E-state index contributed by atoms with van der Waals surface area (Å²) in [6.45, 7) is 0.671. The van der Waals surface area contributed by atoms with Crippen molar-refractivity contribution in [1.29, 1.82) is 0 Å². The van der Waals surface area contributed by atoms with E-state index in [0.29, 0.717) is 18.4 Å². The zero-order valence-electron chi connectivity index (χ0n) is 10.3. The van der Waals surface area contributed by atoms with Gasteiger partial charge in [0.05, 0.1) is 5.56 Å². The molecule has 1 saturated carbocycles. The second-order valence-electron chi connectivity index (χ2n) is 4.72. The molecule has 1 amide bonds. The van der Waals surface area contributed by atoms with Crippen molar-refractivity contribution >= 4 is 28.5 Å². The number of nitrogens with zero attached hydrogens (tertiary/aromatic N) is 1. The topological polar surface area (TPSA) is 20.3 Å². The smallest absolute Gasteiger partial charge is 0.327 e. The quantitative estimate of drug-likeness (QED) is 0.728. The third-order valence-corrected chi connectivity index (χ3v) is 4.45. The molecule has 1 aromatic rings. The van der Waals surface area contributed by atoms with E-state index in [0.717, 1.165) is 14.0 Å². The molecule has 104 valence electrons. The number of hydrogen-bond acceptors (Lipinski definition) is 1. The Kier molecular flexibility index (Phi) is 4.08. The van der Waals surface area contributed by atoms with E-state index in [2.05, 4.69) is 0 Å². The van der Waals surface area contributed by atoms with Gasteiger partial charge in [-0.15, -0.1) is 0 Å². The van der Waals surface area contributed by atoms with Crippen LogP contribution in [0, 0.1) is 10.5 Å². The van der Waals surface area contributed by atoms with Gasteiger partial charge in [0.25, 0.3) is 5.91 Å². The number of carbonyl (C=O) groups is 1. The lowest BCUT2D eigenvalue weighted by molar-refractivity contribution is -0.141. The lowest BCUT2D eigenvalue weighted by atomic mass is 10.1. The summed E-state index contributed by atoms with van der Waals surface area (Å²) in [5, 5.41) is 0. The minimum absolute atomic E-state index is 0.259. The lowest BCUT2D eigenvalue weighted by Crippen LogP contribution is -2.40. The van der Waals surface area contributed by atoms with Crippen LogP contribution in [0.2, 0.25) is 0 Å². The number of halogens is 4. The average molecular weight is 383 g/mol. The Balaban J connectivity index is 2.27. The molecule has 6 heteroatoms. The van der Waals surface area contributed by atoms with E-state index in [4.69, 9.17) is 0 Å². The van der Waals surface area contributed by atoms with Gasteiger partial charge in [-0.25, -0.2) is 0 Å². The molecule has 0 saturated heterocycles. The van der Waals surface area contributed by atoms with Crippen LogP contribution in [0.4, 0.5) is 13.2 Å². The highest BCUT2D eigenvalue weighted by molar-refractivity contribution is 14.1. The van der Waals surface area contributed by atoms with Crippen molar-refractivity contribution < 1.29 is 18.0 Å². The number of amides is 1. The van der Waals surface area contributed by atoms with Crippen LogP contribution in [-0.4, -0.2) is 29.6 Å². The summed E-state index contributed by atoms with van der Waals surface area (Å²) in [6, 6.07) is 4.86. The first-order valence-electron chi connectivity index (χ1n) is 5.92. The van der Waals surface area contributed by atoms with Gasteiger partial charge >= 0.3 is 6.18 Å². The molecule has 0 heterocycles. The molecule has 0 aliphatic heterocycles. The number of carbonyl (C=O) groups excluding carboxylic acids is 1. The Labute approximate surface area is 123 Å². The Morgan fingerprint density at radius 3 is 2.58 bits per heavy atom. The van der Waals surface area contributed by atoms with Gasteiger partial charge < -0.3 is 4.90 Å². The van der Waals surface area contributed by atoms with Gasteiger partial charge in [0.15, 0.2) is 0 Å². The van der Waals surface area contributed by atoms with E-state index in [9.17, 15) is 18.0 Å². The Morgan fingerprint density at radius 2 is 2.05 bits per heavy atom. The normalized spacial score (nSPS) is 15.4. The van der Waals surface area contributed by atoms with Gasteiger partial charge in [-0.1, -0.05) is 12.1 Å². The van der Waals surface area contributed by atoms with Crippen molar-refractivity contribution in [2.45, 2.75) is 32.0 Å². The van der Waals surface area contributed by atoms with E-state index in [1.54, 1.807) is 12.1 Å². The minimum atomic E-state index is -4.35. The molecule has 0 atom stereocenters. The second-order valence-corrected chi connectivity index (χ2v) is 5.79. The zero-order chi connectivity index (χ0) is 14.2. The number of benzene rings is 1. The van der Waals surface area contributed by atoms with Gasteiger partial charge in [0.1, 0.15) is 6.54 Å². The van der Waals surface area contributed by atoms with E-state index >= 15 is 0 Å². The number of hydrogen-bond donors (Lipinski definition) is 0. The van der Waals surface area contributed by atoms with Crippen LogP contribution in [0.1, 0.15) is 28.8 Å². The molecule has 0 unspecified atom stereocenters. The number of aryl methyl sites for hydroxylation is 1. The fourth-order valence-electron chi connectivity index (χ4n) is 1.91. The molecule has 1 fully saturated rings. The van der Waals surface area contributed by atoms with Crippen LogP contribution in [0.3, 0.4) is 0 Å². The van der Waals surface area contributed by atoms with Crippen molar-refractivity contribution in [3.8, 4) is 0 Å². The average Bonchev–Trinajstić information content (AvgIpc) is 3.12. The highest BCUT2D eigenvalue weighted by Gasteiger charge is 2.41. The van der Waals surface area contributed by atoms with Gasteiger partial charge in [0.2, 0.25) is 0 Å². The Morgan fingerprint density at radius 1 is 1.42 bits per heavy atom. The predicted octanol–water partition coefficient (Wildman–Crippen LogP) is 3.77. The van der Waals surface area contributed by atoms with Crippen molar-refractivity contribution in [3.05, 3.63) is 32.9 Å². The fourth-order valence-corrected chi connectivity index (χ4v) is 2.50. The zero-order valence-corrected chi connectivity index (χ0v) is 12.5. The summed E-state index contributed by atoms with van der Waals surface area (Å²) in [5.41, 5.74) is 1.26. The maximum atomic E-state index is 12.6. The van der Waals surface area contributed by atoms with Gasteiger partial charge in [0, 0.05) is 9.61 Å². The SMILES string of the molecule is Cc1cccc(C(=O)N(CC(F)(F)F)C2CC2)c1I. The molecule has 0 N–H and O–H groups in total. The Bertz CT molecular complexity index is 497. The molecular weight excluding hydrogens is 370 g/mol. The summed E-state index contributed by atoms with van der Waals surface area (Å²) in [5.74, 6) is -0.520. The minimum Gasteiger partial charge on any atom is -0.327 e. The van der Waals surface area contributed by atoms with Crippen LogP contribution >= 0.6 is 22.6 Å². The first kappa shape index (κ1) is 14.6. The van der Waals surface area contributed by atoms with E-state index in [-0.39, 0.29) is 6.04 Å². The van der Waals surface area contributed by atoms with E-state index in [1.807, 2.05) is 35.6 Å². The molecule has 2 rings (SSSR count). The maximum Gasteiger partial charge on any atom is 0.406 e. The van der Waals surface area contributed by atoms with Crippen LogP contribution in [-0.2, 0) is 0 Å². The summed E-state index contributed by atoms with van der Waals surface area (Å²) < 4.78 is 38.4. The second kappa shape index (κ2) is 5.30. The standard InChI is InChI=1S/C13H13F3INO/c1-8-3-2-4-10(11(8)17)12(19)18(9-5-6-9)7-13(14,15)16/h2-4,9H,5-7H2,1H3. The van der Waals surface area contributed by atoms with Crippen LogP contribution < -0.4 is 0 Å². The van der Waals surface area contributed by atoms with E-state index < -0.39 is 18.6 Å². The first-order chi connectivity index (χ1) is 8.79. The van der Waals surface area contributed by atoms with Gasteiger partial charge in [-0.2, -0.15) is 13.2 Å². The van der Waals surface area contributed by atoms with Crippen molar-refractivity contribution in [2.24, 2.45) is 0 Å².